The molecule has 3 nitrogen and oxygen atoms in total. The van der Waals surface area contributed by atoms with Gasteiger partial charge < -0.3 is 5.32 Å². The van der Waals surface area contributed by atoms with Crippen molar-refractivity contribution in [1.29, 1.82) is 0 Å². The molecule has 0 aliphatic rings. The molecule has 0 saturated carbocycles. The highest BCUT2D eigenvalue weighted by atomic mass is 32.2. The fourth-order valence-electron chi connectivity index (χ4n) is 1.87. The van der Waals surface area contributed by atoms with Crippen molar-refractivity contribution in [3.63, 3.8) is 0 Å². The summed E-state index contributed by atoms with van der Waals surface area (Å²) >= 11 is 1.75. The topological polar surface area (TPSA) is 37.8 Å². The van der Waals surface area contributed by atoms with Gasteiger partial charge >= 0.3 is 0 Å². The summed E-state index contributed by atoms with van der Waals surface area (Å²) in [6.45, 7) is 0. The average Bonchev–Trinajstić information content (AvgIpc) is 2.41. The smallest absolute Gasteiger partial charge is 0.115 e. The number of nitrogens with zero attached hydrogens (tertiary/aromatic N) is 2. The van der Waals surface area contributed by atoms with Crippen LogP contribution in [0.3, 0.4) is 0 Å². The molecule has 2 rings (SSSR count). The molecular formula is C13H15N3S. The molecule has 1 aromatic carbocycles. The Hall–Kier alpha value is -1.39. The Balaban J connectivity index is 2.42. The fourth-order valence-corrected chi connectivity index (χ4v) is 2.50. The average molecular weight is 245 g/mol. The molecule has 17 heavy (non-hydrogen) atoms. The van der Waals surface area contributed by atoms with Crippen LogP contribution in [0.5, 0.6) is 0 Å². The number of hydrogen-bond acceptors (Lipinski definition) is 4. The second kappa shape index (κ2) is 5.80. The maximum Gasteiger partial charge on any atom is 0.115 e. The zero-order valence-electron chi connectivity index (χ0n) is 9.92. The number of thioether (sulfide) groups is 1. The second-order valence-corrected chi connectivity index (χ2v) is 4.48. The van der Waals surface area contributed by atoms with E-state index in [-0.39, 0.29) is 6.04 Å². The first-order valence-electron chi connectivity index (χ1n) is 5.42. The monoisotopic (exact) mass is 245 g/mol. The van der Waals surface area contributed by atoms with E-state index in [2.05, 4.69) is 45.8 Å². The Morgan fingerprint density at radius 2 is 1.88 bits per heavy atom. The molecule has 1 aromatic heterocycles. The van der Waals surface area contributed by atoms with Gasteiger partial charge in [0.15, 0.2) is 0 Å². The van der Waals surface area contributed by atoms with Crippen LogP contribution in [0, 0.1) is 0 Å². The third-order valence-corrected chi connectivity index (χ3v) is 3.46. The van der Waals surface area contributed by atoms with Gasteiger partial charge in [-0.15, -0.1) is 11.8 Å². The van der Waals surface area contributed by atoms with Crippen molar-refractivity contribution in [3.8, 4) is 0 Å². The largest absolute Gasteiger partial charge is 0.309 e. The molecule has 1 atom stereocenters. The summed E-state index contributed by atoms with van der Waals surface area (Å²) in [5.41, 5.74) is 2.34. The first-order chi connectivity index (χ1) is 8.36. The van der Waals surface area contributed by atoms with Crippen LogP contribution in [-0.4, -0.2) is 23.3 Å². The number of aromatic nitrogens is 2. The van der Waals surface area contributed by atoms with Gasteiger partial charge in [-0.2, -0.15) is 0 Å². The molecule has 88 valence electrons. The van der Waals surface area contributed by atoms with E-state index in [1.165, 1.54) is 10.5 Å². The predicted molar refractivity (Wildman–Crippen MR) is 71.2 cm³/mol. The van der Waals surface area contributed by atoms with Gasteiger partial charge in [0.2, 0.25) is 0 Å². The van der Waals surface area contributed by atoms with E-state index < -0.39 is 0 Å². The molecule has 4 heteroatoms. The molecular weight excluding hydrogens is 230 g/mol. The summed E-state index contributed by atoms with van der Waals surface area (Å²) in [7, 11) is 1.95. The zero-order chi connectivity index (χ0) is 12.1. The number of rotatable bonds is 4. The highest BCUT2D eigenvalue weighted by Crippen LogP contribution is 2.29. The van der Waals surface area contributed by atoms with Crippen LogP contribution in [0.15, 0.2) is 47.9 Å². The highest BCUT2D eigenvalue weighted by Gasteiger charge is 2.15. The Bertz CT molecular complexity index is 473. The zero-order valence-corrected chi connectivity index (χ0v) is 10.7. The lowest BCUT2D eigenvalue weighted by Gasteiger charge is -2.18. The lowest BCUT2D eigenvalue weighted by atomic mass is 10.0. The van der Waals surface area contributed by atoms with Crippen molar-refractivity contribution in [2.24, 2.45) is 0 Å². The van der Waals surface area contributed by atoms with Crippen molar-refractivity contribution in [2.75, 3.05) is 13.3 Å². The molecule has 1 N–H and O–H groups in total. The van der Waals surface area contributed by atoms with Crippen LogP contribution >= 0.6 is 11.8 Å². The van der Waals surface area contributed by atoms with Gasteiger partial charge in [-0.3, -0.25) is 0 Å². The van der Waals surface area contributed by atoms with E-state index in [0.717, 1.165) is 5.56 Å². The van der Waals surface area contributed by atoms with Gasteiger partial charge in [-0.1, -0.05) is 18.2 Å². The van der Waals surface area contributed by atoms with E-state index in [1.807, 2.05) is 19.4 Å². The minimum absolute atomic E-state index is 0.139. The van der Waals surface area contributed by atoms with E-state index >= 15 is 0 Å². The summed E-state index contributed by atoms with van der Waals surface area (Å²) in [5.74, 6) is 0. The van der Waals surface area contributed by atoms with Crippen molar-refractivity contribution in [2.45, 2.75) is 10.9 Å². The van der Waals surface area contributed by atoms with Gasteiger partial charge in [-0.05, 0) is 24.9 Å². The van der Waals surface area contributed by atoms with Crippen molar-refractivity contribution in [3.05, 3.63) is 54.1 Å². The van der Waals surface area contributed by atoms with E-state index in [9.17, 15) is 0 Å². The SMILES string of the molecule is CNC(c1cncnc1)c1ccccc1SC. The number of hydrogen-bond donors (Lipinski definition) is 1. The molecule has 0 amide bonds. The summed E-state index contributed by atoms with van der Waals surface area (Å²) in [6.07, 6.45) is 7.35. The Morgan fingerprint density at radius 3 is 2.53 bits per heavy atom. The van der Waals surface area contributed by atoms with Gasteiger partial charge in [0.05, 0.1) is 6.04 Å². The minimum Gasteiger partial charge on any atom is -0.309 e. The van der Waals surface area contributed by atoms with Gasteiger partial charge in [0, 0.05) is 22.9 Å². The molecule has 1 unspecified atom stereocenters. The van der Waals surface area contributed by atoms with Crippen LogP contribution in [0.2, 0.25) is 0 Å². The van der Waals surface area contributed by atoms with Crippen LogP contribution in [0.25, 0.3) is 0 Å². The maximum absolute atomic E-state index is 4.08. The van der Waals surface area contributed by atoms with Crippen molar-refractivity contribution in [1.82, 2.24) is 15.3 Å². The molecule has 2 aromatic rings. The van der Waals surface area contributed by atoms with Gasteiger partial charge in [0.1, 0.15) is 6.33 Å². The third-order valence-electron chi connectivity index (χ3n) is 2.65. The Morgan fingerprint density at radius 1 is 1.18 bits per heavy atom. The van der Waals surface area contributed by atoms with Crippen LogP contribution < -0.4 is 5.32 Å². The third kappa shape index (κ3) is 2.65. The van der Waals surface area contributed by atoms with E-state index in [0.29, 0.717) is 0 Å². The summed E-state index contributed by atoms with van der Waals surface area (Å²) in [6, 6.07) is 8.53. The van der Waals surface area contributed by atoms with Crippen molar-refractivity contribution >= 4 is 11.8 Å². The normalized spacial score (nSPS) is 12.4. The molecule has 0 spiro atoms. The molecule has 1 heterocycles. The molecule has 0 aliphatic carbocycles. The quantitative estimate of drug-likeness (QED) is 0.840. The fraction of sp³-hybridized carbons (Fsp3) is 0.231. The Labute approximate surface area is 106 Å². The van der Waals surface area contributed by atoms with E-state index in [1.54, 1.807) is 18.1 Å². The lowest BCUT2D eigenvalue weighted by molar-refractivity contribution is 0.673. The minimum atomic E-state index is 0.139. The highest BCUT2D eigenvalue weighted by molar-refractivity contribution is 7.98. The molecule has 0 radical (unpaired) electrons. The molecule has 0 bridgehead atoms. The summed E-state index contributed by atoms with van der Waals surface area (Å²) in [5, 5.41) is 3.32. The van der Waals surface area contributed by atoms with Crippen LogP contribution in [0.4, 0.5) is 0 Å². The van der Waals surface area contributed by atoms with Crippen LogP contribution in [-0.2, 0) is 0 Å². The Kier molecular flexibility index (Phi) is 4.12. The number of nitrogens with one attached hydrogen (secondary N) is 1. The van der Waals surface area contributed by atoms with Gasteiger partial charge in [0.25, 0.3) is 0 Å². The first-order valence-corrected chi connectivity index (χ1v) is 6.64. The summed E-state index contributed by atoms with van der Waals surface area (Å²) in [4.78, 5) is 9.43. The van der Waals surface area contributed by atoms with Crippen LogP contribution in [0.1, 0.15) is 17.2 Å². The predicted octanol–water partition coefficient (Wildman–Crippen LogP) is 2.51. The molecule has 0 saturated heterocycles. The van der Waals surface area contributed by atoms with Gasteiger partial charge in [-0.25, -0.2) is 9.97 Å². The second-order valence-electron chi connectivity index (χ2n) is 3.64. The standard InChI is InChI=1S/C13H15N3S/c1-14-13(10-7-15-9-16-8-10)11-5-3-4-6-12(11)17-2/h3-9,13-14H,1-2H3. The summed E-state index contributed by atoms with van der Waals surface area (Å²) < 4.78 is 0. The van der Waals surface area contributed by atoms with E-state index in [4.69, 9.17) is 0 Å². The molecule has 0 fully saturated rings. The maximum atomic E-state index is 4.08. The van der Waals surface area contributed by atoms with Crippen molar-refractivity contribution < 1.29 is 0 Å². The molecule has 0 aliphatic heterocycles. The number of benzene rings is 1. The lowest BCUT2D eigenvalue weighted by Crippen LogP contribution is -2.18. The first kappa shape index (κ1) is 12.1.